The number of carbonyl (C=O) groups excluding carboxylic acids is 2. The summed E-state index contributed by atoms with van der Waals surface area (Å²) in [6, 6.07) is 0. The summed E-state index contributed by atoms with van der Waals surface area (Å²) in [7, 11) is 0. The van der Waals surface area contributed by atoms with Gasteiger partial charge in [-0.05, 0) is 18.8 Å². The molecule has 0 saturated heterocycles. The molecule has 0 spiro atoms. The molecule has 0 aliphatic carbocycles. The van der Waals surface area contributed by atoms with E-state index in [9.17, 15) is 14.7 Å². The number of hydrogen-bond donors (Lipinski definition) is 1. The fourth-order valence-corrected chi connectivity index (χ4v) is 4.50. The maximum absolute atomic E-state index is 12.2. The van der Waals surface area contributed by atoms with Gasteiger partial charge in [-0.2, -0.15) is 0 Å². The molecule has 0 aromatic heterocycles. The number of carboxylic acid groups (broad SMARTS) is 1. The molecule has 3 unspecified atom stereocenters. The van der Waals surface area contributed by atoms with Gasteiger partial charge in [-0.15, -0.1) is 0 Å². The van der Waals surface area contributed by atoms with Gasteiger partial charge in [0.25, 0.3) is 0 Å². The summed E-state index contributed by atoms with van der Waals surface area (Å²) in [4.78, 5) is 24.1. The molecule has 3 atom stereocenters. The Morgan fingerprint density at radius 3 is 1.63 bits per heavy atom. The number of nitrogens with one attached hydrogen (secondary N) is 1. The van der Waals surface area contributed by atoms with Crippen LogP contribution in [0.4, 0.5) is 0 Å². The Bertz CT molecular complexity index is 444. The second-order valence-corrected chi connectivity index (χ2v) is 9.13. The van der Waals surface area contributed by atoms with Crippen LogP contribution < -0.4 is 40.0 Å². The van der Waals surface area contributed by atoms with Gasteiger partial charge in [-0.25, -0.2) is 0 Å². The summed E-state index contributed by atoms with van der Waals surface area (Å²) in [5, 5.41) is 14.6. The number of carboxylic acids is 1. The van der Waals surface area contributed by atoms with Gasteiger partial charge in [0.2, 0.25) is 5.91 Å². The molecule has 0 aromatic carbocycles. The molecule has 0 rings (SSSR count). The van der Waals surface area contributed by atoms with Crippen LogP contribution >= 0.6 is 0 Å². The summed E-state index contributed by atoms with van der Waals surface area (Å²) >= 11 is 0. The van der Waals surface area contributed by atoms with Crippen LogP contribution in [0.2, 0.25) is 0 Å². The summed E-state index contributed by atoms with van der Waals surface area (Å²) in [5.74, 6) is -2.59. The van der Waals surface area contributed by atoms with Crippen molar-refractivity contribution in [3.05, 3.63) is 0 Å². The molecule has 1 N–H and O–H groups in total. The quantitative estimate of drug-likeness (QED) is 0.251. The fourth-order valence-electron chi connectivity index (χ4n) is 4.50. The molecule has 172 valence electrons. The standard InChI is InChI=1S/C25H49NO3.Na/c1-6-9-10-11-12-13-14-15-16-17-18-19-20-25(5,7-2)22(24(28)29)21(4)23(27)26-8-3;/h21-22H,6-20H2,1-5H3,(H,26,27)(H,28,29);/q;+1/p-1. The molecule has 0 saturated carbocycles. The Kier molecular flexibility index (Phi) is 21.0. The molecule has 0 heterocycles. The minimum Gasteiger partial charge on any atom is -0.550 e. The Morgan fingerprint density at radius 1 is 0.833 bits per heavy atom. The molecular formula is C25H48NNaO3. The molecule has 0 bridgehead atoms. The van der Waals surface area contributed by atoms with Crippen LogP contribution in [0.3, 0.4) is 0 Å². The molecule has 1 amide bonds. The Balaban J connectivity index is 0. The zero-order valence-electron chi connectivity index (χ0n) is 21.0. The van der Waals surface area contributed by atoms with E-state index in [0.717, 1.165) is 25.7 Å². The van der Waals surface area contributed by atoms with Gasteiger partial charge < -0.3 is 15.2 Å². The van der Waals surface area contributed by atoms with E-state index in [2.05, 4.69) is 12.2 Å². The second kappa shape index (κ2) is 19.6. The van der Waals surface area contributed by atoms with Crippen molar-refractivity contribution in [2.75, 3.05) is 6.54 Å². The number of aliphatic carboxylic acids is 1. The monoisotopic (exact) mass is 433 g/mol. The first-order chi connectivity index (χ1) is 13.8. The molecule has 30 heavy (non-hydrogen) atoms. The number of unbranched alkanes of at least 4 members (excludes halogenated alkanes) is 11. The summed E-state index contributed by atoms with van der Waals surface area (Å²) in [5.41, 5.74) is -0.401. The van der Waals surface area contributed by atoms with Gasteiger partial charge >= 0.3 is 29.6 Å². The van der Waals surface area contributed by atoms with Crippen LogP contribution in [-0.4, -0.2) is 18.4 Å². The van der Waals surface area contributed by atoms with E-state index in [0.29, 0.717) is 6.54 Å². The van der Waals surface area contributed by atoms with E-state index in [1.54, 1.807) is 6.92 Å². The normalized spacial score (nSPS) is 15.0. The molecule has 0 aliphatic heterocycles. The number of rotatable bonds is 19. The van der Waals surface area contributed by atoms with E-state index in [1.807, 2.05) is 20.8 Å². The van der Waals surface area contributed by atoms with Crippen molar-refractivity contribution in [1.29, 1.82) is 0 Å². The van der Waals surface area contributed by atoms with E-state index in [1.165, 1.54) is 64.2 Å². The van der Waals surface area contributed by atoms with Gasteiger partial charge in [-0.3, -0.25) is 4.79 Å². The minimum atomic E-state index is -1.09. The van der Waals surface area contributed by atoms with Crippen LogP contribution in [0.1, 0.15) is 125 Å². The van der Waals surface area contributed by atoms with Crippen molar-refractivity contribution in [3.8, 4) is 0 Å². The van der Waals surface area contributed by atoms with Gasteiger partial charge in [0.05, 0.1) is 0 Å². The molecule has 0 radical (unpaired) electrons. The van der Waals surface area contributed by atoms with E-state index in [-0.39, 0.29) is 35.5 Å². The van der Waals surface area contributed by atoms with Crippen molar-refractivity contribution in [3.63, 3.8) is 0 Å². The third-order valence-electron chi connectivity index (χ3n) is 6.68. The van der Waals surface area contributed by atoms with E-state index >= 15 is 0 Å². The van der Waals surface area contributed by atoms with Crippen LogP contribution in [0, 0.1) is 17.3 Å². The van der Waals surface area contributed by atoms with Crippen molar-refractivity contribution in [2.45, 2.75) is 125 Å². The zero-order valence-corrected chi connectivity index (χ0v) is 23.0. The maximum atomic E-state index is 12.2. The summed E-state index contributed by atoms with van der Waals surface area (Å²) < 4.78 is 0. The molecular weight excluding hydrogens is 385 g/mol. The van der Waals surface area contributed by atoms with Gasteiger partial charge in [0.15, 0.2) is 0 Å². The predicted octanol–water partition coefficient (Wildman–Crippen LogP) is 2.64. The third-order valence-corrected chi connectivity index (χ3v) is 6.68. The minimum absolute atomic E-state index is 0. The molecule has 5 heteroatoms. The Morgan fingerprint density at radius 2 is 1.27 bits per heavy atom. The van der Waals surface area contributed by atoms with Crippen LogP contribution in [0.5, 0.6) is 0 Å². The Labute approximate surface area is 209 Å². The number of hydrogen-bond acceptors (Lipinski definition) is 3. The summed E-state index contributed by atoms with van der Waals surface area (Å²) in [6.07, 6.45) is 17.1. The second-order valence-electron chi connectivity index (χ2n) is 9.13. The Hall–Kier alpha value is -0.0600. The van der Waals surface area contributed by atoms with Crippen molar-refractivity contribution in [1.82, 2.24) is 5.32 Å². The summed E-state index contributed by atoms with van der Waals surface area (Å²) in [6.45, 7) is 10.4. The molecule has 4 nitrogen and oxygen atoms in total. The zero-order chi connectivity index (χ0) is 22.1. The molecule has 0 aliphatic rings. The van der Waals surface area contributed by atoms with Crippen LogP contribution in [0.25, 0.3) is 0 Å². The van der Waals surface area contributed by atoms with E-state index in [4.69, 9.17) is 0 Å². The van der Waals surface area contributed by atoms with Crippen molar-refractivity contribution >= 4 is 11.9 Å². The van der Waals surface area contributed by atoms with Gasteiger partial charge in [0, 0.05) is 24.3 Å². The first-order valence-electron chi connectivity index (χ1n) is 12.3. The predicted molar refractivity (Wildman–Crippen MR) is 120 cm³/mol. The average molecular weight is 434 g/mol. The average Bonchev–Trinajstić information content (AvgIpc) is 2.68. The molecule has 0 fully saturated rings. The first-order valence-corrected chi connectivity index (χ1v) is 12.3. The van der Waals surface area contributed by atoms with E-state index < -0.39 is 23.2 Å². The molecule has 0 aromatic rings. The maximum Gasteiger partial charge on any atom is 1.00 e. The van der Waals surface area contributed by atoms with Gasteiger partial charge in [-0.1, -0.05) is 111 Å². The third kappa shape index (κ3) is 13.4. The van der Waals surface area contributed by atoms with Gasteiger partial charge in [0.1, 0.15) is 0 Å². The largest absolute Gasteiger partial charge is 1.00 e. The first kappa shape index (κ1) is 32.1. The fraction of sp³-hybridized carbons (Fsp3) is 0.920. The number of amides is 1. The van der Waals surface area contributed by atoms with Crippen molar-refractivity contribution in [2.24, 2.45) is 17.3 Å². The number of carbonyl (C=O) groups is 2. The smallest absolute Gasteiger partial charge is 0.550 e. The van der Waals surface area contributed by atoms with Crippen molar-refractivity contribution < 1.29 is 44.3 Å². The van der Waals surface area contributed by atoms with Crippen LogP contribution in [0.15, 0.2) is 0 Å². The SMILES string of the molecule is CCCCCCCCCCCCCCC(C)(CC)C(C(=O)[O-])C(C)C(=O)NCC.[Na+]. The van der Waals surface area contributed by atoms with Crippen LogP contribution in [-0.2, 0) is 9.59 Å². The topological polar surface area (TPSA) is 69.2 Å².